The third-order valence-corrected chi connectivity index (χ3v) is 2.66. The number of rotatable bonds is 0. The molecule has 1 aromatic carbocycles. The fourth-order valence-corrected chi connectivity index (χ4v) is 1.28. The molecule has 0 heterocycles. The standard InChI is InChI=1S/C8H6F3I/c1-5-2-3-6(4-7(5)12)8(9,10)11/h2-4H,1H3. The minimum Gasteiger partial charge on any atom is -0.166 e. The van der Waals surface area contributed by atoms with E-state index in [4.69, 9.17) is 0 Å². The Labute approximate surface area is 81.9 Å². The Morgan fingerprint density at radius 3 is 2.25 bits per heavy atom. The van der Waals surface area contributed by atoms with E-state index in [9.17, 15) is 13.2 Å². The molecule has 0 aliphatic carbocycles. The highest BCUT2D eigenvalue weighted by molar-refractivity contribution is 14.1. The van der Waals surface area contributed by atoms with Crippen molar-refractivity contribution in [2.24, 2.45) is 0 Å². The minimum absolute atomic E-state index is 0.586. The summed E-state index contributed by atoms with van der Waals surface area (Å²) in [6.07, 6.45) is -4.23. The molecule has 0 bridgehead atoms. The van der Waals surface area contributed by atoms with Crippen LogP contribution in [-0.2, 0) is 6.18 Å². The normalized spacial score (nSPS) is 11.8. The molecule has 0 saturated heterocycles. The molecular weight excluding hydrogens is 280 g/mol. The molecule has 0 spiro atoms. The van der Waals surface area contributed by atoms with E-state index in [-0.39, 0.29) is 0 Å². The van der Waals surface area contributed by atoms with Crippen LogP contribution in [0.2, 0.25) is 0 Å². The molecule has 0 unspecified atom stereocenters. The summed E-state index contributed by atoms with van der Waals surface area (Å²) in [7, 11) is 0. The van der Waals surface area contributed by atoms with Crippen LogP contribution >= 0.6 is 22.6 Å². The van der Waals surface area contributed by atoms with Crippen molar-refractivity contribution in [1.29, 1.82) is 0 Å². The molecule has 0 aliphatic heterocycles. The predicted octanol–water partition coefficient (Wildman–Crippen LogP) is 3.62. The molecule has 0 fully saturated rings. The van der Waals surface area contributed by atoms with Gasteiger partial charge in [-0.3, -0.25) is 0 Å². The fraction of sp³-hybridized carbons (Fsp3) is 0.250. The molecule has 0 atom stereocenters. The van der Waals surface area contributed by atoms with Crippen LogP contribution in [0.1, 0.15) is 11.1 Å². The zero-order chi connectivity index (χ0) is 9.35. The quantitative estimate of drug-likeness (QED) is 0.639. The van der Waals surface area contributed by atoms with E-state index < -0.39 is 11.7 Å². The zero-order valence-corrected chi connectivity index (χ0v) is 8.40. The number of halogens is 4. The molecule has 0 saturated carbocycles. The zero-order valence-electron chi connectivity index (χ0n) is 6.24. The van der Waals surface area contributed by atoms with E-state index in [1.807, 2.05) is 22.6 Å². The van der Waals surface area contributed by atoms with Crippen LogP contribution in [0.3, 0.4) is 0 Å². The first-order chi connectivity index (χ1) is 5.41. The van der Waals surface area contributed by atoms with Gasteiger partial charge in [0.05, 0.1) is 5.56 Å². The predicted molar refractivity (Wildman–Crippen MR) is 48.9 cm³/mol. The van der Waals surface area contributed by atoms with Gasteiger partial charge >= 0.3 is 6.18 Å². The summed E-state index contributed by atoms with van der Waals surface area (Å²) in [5.74, 6) is 0. The maximum absolute atomic E-state index is 12.1. The van der Waals surface area contributed by atoms with Gasteiger partial charge in [0.25, 0.3) is 0 Å². The van der Waals surface area contributed by atoms with Crippen molar-refractivity contribution in [1.82, 2.24) is 0 Å². The molecule has 0 aliphatic rings. The van der Waals surface area contributed by atoms with Gasteiger partial charge in [-0.25, -0.2) is 0 Å². The van der Waals surface area contributed by atoms with Crippen molar-refractivity contribution in [2.75, 3.05) is 0 Å². The highest BCUT2D eigenvalue weighted by Gasteiger charge is 2.30. The summed E-state index contributed by atoms with van der Waals surface area (Å²) in [4.78, 5) is 0. The van der Waals surface area contributed by atoms with Gasteiger partial charge in [0.15, 0.2) is 0 Å². The molecule has 0 radical (unpaired) electrons. The summed E-state index contributed by atoms with van der Waals surface area (Å²) in [5.41, 5.74) is 0.279. The second-order valence-electron chi connectivity index (χ2n) is 2.46. The van der Waals surface area contributed by atoms with Crippen molar-refractivity contribution in [3.8, 4) is 0 Å². The number of hydrogen-bond donors (Lipinski definition) is 0. The summed E-state index contributed by atoms with van der Waals surface area (Å²) in [6.45, 7) is 1.78. The lowest BCUT2D eigenvalue weighted by Crippen LogP contribution is -2.05. The van der Waals surface area contributed by atoms with Crippen LogP contribution in [0.5, 0.6) is 0 Å². The number of alkyl halides is 3. The summed E-state index contributed by atoms with van der Waals surface area (Å²) in [6, 6.07) is 3.72. The van der Waals surface area contributed by atoms with Crippen molar-refractivity contribution >= 4 is 22.6 Å². The van der Waals surface area contributed by atoms with Gasteiger partial charge in [-0.15, -0.1) is 0 Å². The van der Waals surface area contributed by atoms with Crippen LogP contribution in [0.25, 0.3) is 0 Å². The lowest BCUT2D eigenvalue weighted by molar-refractivity contribution is -0.137. The van der Waals surface area contributed by atoms with E-state index >= 15 is 0 Å². The summed E-state index contributed by atoms with van der Waals surface area (Å²) in [5, 5.41) is 0. The lowest BCUT2D eigenvalue weighted by atomic mass is 10.1. The van der Waals surface area contributed by atoms with Gasteiger partial charge in [0.2, 0.25) is 0 Å². The van der Waals surface area contributed by atoms with E-state index in [1.165, 1.54) is 6.07 Å². The van der Waals surface area contributed by atoms with Crippen molar-refractivity contribution in [3.63, 3.8) is 0 Å². The van der Waals surface area contributed by atoms with Gasteiger partial charge in [-0.2, -0.15) is 13.2 Å². The van der Waals surface area contributed by atoms with Gasteiger partial charge in [0, 0.05) is 3.57 Å². The molecule has 4 heteroatoms. The summed E-state index contributed by atoms with van der Waals surface area (Å²) < 4.78 is 36.9. The molecule has 0 N–H and O–H groups in total. The maximum Gasteiger partial charge on any atom is 0.416 e. The molecule has 1 rings (SSSR count). The van der Waals surface area contributed by atoms with Crippen molar-refractivity contribution in [2.45, 2.75) is 13.1 Å². The Bertz CT molecular complexity index is 291. The van der Waals surface area contributed by atoms with Crippen molar-refractivity contribution in [3.05, 3.63) is 32.9 Å². The number of benzene rings is 1. The smallest absolute Gasteiger partial charge is 0.166 e. The van der Waals surface area contributed by atoms with E-state index in [2.05, 4.69) is 0 Å². The van der Waals surface area contributed by atoms with Crippen LogP contribution < -0.4 is 0 Å². The Balaban J connectivity index is 3.14. The van der Waals surface area contributed by atoms with E-state index in [1.54, 1.807) is 6.92 Å². The first kappa shape index (κ1) is 9.83. The van der Waals surface area contributed by atoms with E-state index in [0.717, 1.165) is 17.7 Å². The maximum atomic E-state index is 12.1. The Morgan fingerprint density at radius 1 is 1.25 bits per heavy atom. The first-order valence-corrected chi connectivity index (χ1v) is 4.32. The Hall–Kier alpha value is -0.260. The lowest BCUT2D eigenvalue weighted by Gasteiger charge is -2.07. The third-order valence-electron chi connectivity index (χ3n) is 1.50. The Kier molecular flexibility index (Phi) is 2.65. The average Bonchev–Trinajstić information content (AvgIpc) is 1.92. The van der Waals surface area contributed by atoms with Gasteiger partial charge in [-0.05, 0) is 47.2 Å². The van der Waals surface area contributed by atoms with Crippen LogP contribution in [-0.4, -0.2) is 0 Å². The molecule has 0 nitrogen and oxygen atoms in total. The first-order valence-electron chi connectivity index (χ1n) is 3.24. The average molecular weight is 286 g/mol. The largest absolute Gasteiger partial charge is 0.416 e. The van der Waals surface area contributed by atoms with Gasteiger partial charge < -0.3 is 0 Å². The third kappa shape index (κ3) is 2.12. The molecule has 1 aromatic rings. The Morgan fingerprint density at radius 2 is 1.83 bits per heavy atom. The second kappa shape index (κ2) is 3.24. The van der Waals surface area contributed by atoms with Gasteiger partial charge in [-0.1, -0.05) is 6.07 Å². The minimum atomic E-state index is -4.23. The highest BCUT2D eigenvalue weighted by Crippen LogP contribution is 2.30. The monoisotopic (exact) mass is 286 g/mol. The van der Waals surface area contributed by atoms with Crippen LogP contribution in [0.15, 0.2) is 18.2 Å². The van der Waals surface area contributed by atoms with Crippen molar-refractivity contribution < 1.29 is 13.2 Å². The molecule has 0 aromatic heterocycles. The number of aryl methyl sites for hydroxylation is 1. The number of hydrogen-bond acceptors (Lipinski definition) is 0. The summed E-state index contributed by atoms with van der Waals surface area (Å²) >= 11 is 1.89. The topological polar surface area (TPSA) is 0 Å². The van der Waals surface area contributed by atoms with Gasteiger partial charge in [0.1, 0.15) is 0 Å². The fourth-order valence-electron chi connectivity index (χ4n) is 0.769. The molecule has 12 heavy (non-hydrogen) atoms. The SMILES string of the molecule is Cc1ccc(C(F)(F)F)cc1I. The highest BCUT2D eigenvalue weighted by atomic mass is 127. The molecular formula is C8H6F3I. The molecule has 0 amide bonds. The van der Waals surface area contributed by atoms with E-state index in [0.29, 0.717) is 3.57 Å². The van der Waals surface area contributed by atoms with Crippen LogP contribution in [0.4, 0.5) is 13.2 Å². The molecule has 66 valence electrons. The van der Waals surface area contributed by atoms with Crippen LogP contribution in [0, 0.1) is 10.5 Å². The second-order valence-corrected chi connectivity index (χ2v) is 3.62.